The van der Waals surface area contributed by atoms with E-state index in [1.807, 2.05) is 0 Å². The molecule has 0 saturated heterocycles. The van der Waals surface area contributed by atoms with E-state index in [0.717, 1.165) is 25.4 Å². The summed E-state index contributed by atoms with van der Waals surface area (Å²) in [6.45, 7) is 0. The van der Waals surface area contributed by atoms with Crippen LogP contribution in [-0.2, 0) is 13.2 Å². The molecule has 0 spiro atoms. The zero-order chi connectivity index (χ0) is 15.9. The van der Waals surface area contributed by atoms with Gasteiger partial charge in [0.15, 0.2) is 5.43 Å². The van der Waals surface area contributed by atoms with Crippen molar-refractivity contribution < 1.29 is 22.7 Å². The molecule has 0 aliphatic heterocycles. The molecule has 0 aliphatic carbocycles. The zero-order valence-corrected chi connectivity index (χ0v) is 11.3. The first kappa shape index (κ1) is 15.4. The molecule has 1 aromatic carbocycles. The quantitative estimate of drug-likeness (QED) is 0.816. The van der Waals surface area contributed by atoms with Crippen LogP contribution in [0.3, 0.4) is 0 Å². The lowest BCUT2D eigenvalue weighted by Crippen LogP contribution is -2.19. The van der Waals surface area contributed by atoms with E-state index >= 15 is 0 Å². The van der Waals surface area contributed by atoms with Crippen molar-refractivity contribution in [1.29, 1.82) is 0 Å². The average Bonchev–Trinajstić information content (AvgIpc) is 2.35. The number of benzene rings is 1. The highest BCUT2D eigenvalue weighted by Gasteiger charge is 2.34. The number of phenols is 1. The molecular weight excluding hydrogens is 314 g/mol. The summed E-state index contributed by atoms with van der Waals surface area (Å²) in [4.78, 5) is 11.8. The van der Waals surface area contributed by atoms with Crippen LogP contribution in [0.15, 0.2) is 29.2 Å². The lowest BCUT2D eigenvalue weighted by atomic mass is 10.1. The number of halogens is 5. The van der Waals surface area contributed by atoms with E-state index in [1.165, 1.54) is 0 Å². The third-order valence-corrected chi connectivity index (χ3v) is 3.16. The third kappa shape index (κ3) is 2.87. The third-order valence-electron chi connectivity index (χ3n) is 2.85. The first-order valence-corrected chi connectivity index (χ1v) is 5.95. The SMILES string of the molecule is Cn1cc(-c2cc(O)c(Cl)cc2F)c(=O)cc1C(F)(F)F. The van der Waals surface area contributed by atoms with E-state index < -0.39 is 28.9 Å². The van der Waals surface area contributed by atoms with Crippen LogP contribution in [0, 0.1) is 5.82 Å². The molecule has 8 heteroatoms. The summed E-state index contributed by atoms with van der Waals surface area (Å²) in [6.07, 6.45) is -3.84. The van der Waals surface area contributed by atoms with E-state index in [0.29, 0.717) is 10.6 Å². The molecule has 2 aromatic rings. The van der Waals surface area contributed by atoms with Crippen LogP contribution in [0.4, 0.5) is 17.6 Å². The maximum absolute atomic E-state index is 13.8. The number of pyridine rings is 1. The number of rotatable bonds is 1. The first-order chi connectivity index (χ1) is 9.61. The number of aryl methyl sites for hydroxylation is 1. The maximum Gasteiger partial charge on any atom is 0.431 e. The molecule has 0 aliphatic rings. The largest absolute Gasteiger partial charge is 0.506 e. The van der Waals surface area contributed by atoms with E-state index in [4.69, 9.17) is 11.6 Å². The van der Waals surface area contributed by atoms with Gasteiger partial charge in [-0.3, -0.25) is 4.79 Å². The number of aromatic hydroxyl groups is 1. The van der Waals surface area contributed by atoms with E-state index in [1.54, 1.807) is 0 Å². The molecule has 0 amide bonds. The Balaban J connectivity index is 2.70. The molecule has 3 nitrogen and oxygen atoms in total. The standard InChI is InChI=1S/C13H8ClF4NO2/c1-19-5-7(10(20)4-12(19)13(16,17)18)6-2-11(21)8(14)3-9(6)15/h2-5,21H,1H3. The van der Waals surface area contributed by atoms with Gasteiger partial charge in [0, 0.05) is 30.4 Å². The van der Waals surface area contributed by atoms with Gasteiger partial charge in [-0.25, -0.2) is 4.39 Å². The Bertz CT molecular complexity index is 768. The van der Waals surface area contributed by atoms with Gasteiger partial charge in [-0.2, -0.15) is 13.2 Å². The normalized spacial score (nSPS) is 11.7. The predicted molar refractivity (Wildman–Crippen MR) is 68.8 cm³/mol. The molecule has 0 fully saturated rings. The summed E-state index contributed by atoms with van der Waals surface area (Å²) in [7, 11) is 1.08. The van der Waals surface area contributed by atoms with Gasteiger partial charge in [-0.1, -0.05) is 11.6 Å². The Morgan fingerprint density at radius 1 is 1.19 bits per heavy atom. The molecule has 1 N–H and O–H groups in total. The van der Waals surface area contributed by atoms with Crippen LogP contribution in [0.1, 0.15) is 5.69 Å². The number of aromatic nitrogens is 1. The van der Waals surface area contributed by atoms with E-state index in [2.05, 4.69) is 0 Å². The van der Waals surface area contributed by atoms with Crippen LogP contribution in [0.2, 0.25) is 5.02 Å². The lowest BCUT2D eigenvalue weighted by Gasteiger charge is -2.14. The second-order valence-electron chi connectivity index (χ2n) is 4.33. The van der Waals surface area contributed by atoms with Gasteiger partial charge in [0.05, 0.1) is 5.02 Å². The predicted octanol–water partition coefficient (Wildman–Crippen LogP) is 3.57. The molecule has 1 heterocycles. The minimum atomic E-state index is -4.70. The Morgan fingerprint density at radius 3 is 2.38 bits per heavy atom. The van der Waals surface area contributed by atoms with Crippen molar-refractivity contribution in [2.75, 3.05) is 0 Å². The summed E-state index contributed by atoms with van der Waals surface area (Å²) in [5.74, 6) is -1.40. The molecule has 0 unspecified atom stereocenters. The van der Waals surface area contributed by atoms with Crippen molar-refractivity contribution >= 4 is 11.6 Å². The van der Waals surface area contributed by atoms with E-state index in [9.17, 15) is 27.5 Å². The van der Waals surface area contributed by atoms with Gasteiger partial charge >= 0.3 is 6.18 Å². The number of hydrogen-bond acceptors (Lipinski definition) is 2. The van der Waals surface area contributed by atoms with Crippen LogP contribution in [0.5, 0.6) is 5.75 Å². The molecule has 112 valence electrons. The Hall–Kier alpha value is -2.02. The fraction of sp³-hybridized carbons (Fsp3) is 0.154. The summed E-state index contributed by atoms with van der Waals surface area (Å²) >= 11 is 5.51. The summed E-state index contributed by atoms with van der Waals surface area (Å²) in [6, 6.07) is 2.05. The van der Waals surface area contributed by atoms with Gasteiger partial charge in [0.25, 0.3) is 0 Å². The van der Waals surface area contributed by atoms with Gasteiger partial charge in [-0.05, 0) is 12.1 Å². The summed E-state index contributed by atoms with van der Waals surface area (Å²) < 4.78 is 52.5. The average molecular weight is 322 g/mol. The molecular formula is C13H8ClF4NO2. The molecule has 0 bridgehead atoms. The highest BCUT2D eigenvalue weighted by Crippen LogP contribution is 2.33. The monoisotopic (exact) mass is 321 g/mol. The van der Waals surface area contributed by atoms with Crippen molar-refractivity contribution in [3.05, 3.63) is 51.2 Å². The molecule has 0 radical (unpaired) electrons. The second kappa shape index (κ2) is 5.07. The van der Waals surface area contributed by atoms with Crippen molar-refractivity contribution in [3.63, 3.8) is 0 Å². The Morgan fingerprint density at radius 2 is 1.81 bits per heavy atom. The summed E-state index contributed by atoms with van der Waals surface area (Å²) in [5, 5.41) is 9.18. The van der Waals surface area contributed by atoms with Crippen molar-refractivity contribution in [3.8, 4) is 16.9 Å². The number of hydrogen-bond donors (Lipinski definition) is 1. The van der Waals surface area contributed by atoms with Crippen molar-refractivity contribution in [2.24, 2.45) is 7.05 Å². The minimum absolute atomic E-state index is 0.264. The molecule has 1 aromatic heterocycles. The first-order valence-electron chi connectivity index (χ1n) is 5.57. The van der Waals surface area contributed by atoms with Crippen molar-refractivity contribution in [2.45, 2.75) is 6.18 Å². The van der Waals surface area contributed by atoms with Gasteiger partial charge < -0.3 is 9.67 Å². The molecule has 21 heavy (non-hydrogen) atoms. The highest BCUT2D eigenvalue weighted by atomic mass is 35.5. The zero-order valence-electron chi connectivity index (χ0n) is 10.5. The van der Waals surface area contributed by atoms with Crippen LogP contribution < -0.4 is 5.43 Å². The van der Waals surface area contributed by atoms with Gasteiger partial charge in [0.1, 0.15) is 17.3 Å². The van der Waals surface area contributed by atoms with Gasteiger partial charge in [0.2, 0.25) is 0 Å². The number of alkyl halides is 3. The second-order valence-corrected chi connectivity index (χ2v) is 4.74. The Kier molecular flexibility index (Phi) is 3.71. The van der Waals surface area contributed by atoms with Gasteiger partial charge in [-0.15, -0.1) is 0 Å². The van der Waals surface area contributed by atoms with Crippen LogP contribution in [-0.4, -0.2) is 9.67 Å². The maximum atomic E-state index is 13.8. The molecule has 0 saturated carbocycles. The number of nitrogens with zero attached hydrogens (tertiary/aromatic N) is 1. The molecule has 2 rings (SSSR count). The lowest BCUT2D eigenvalue weighted by molar-refractivity contribution is -0.143. The fourth-order valence-corrected chi connectivity index (χ4v) is 2.01. The highest BCUT2D eigenvalue weighted by molar-refractivity contribution is 6.32. The smallest absolute Gasteiger partial charge is 0.431 e. The van der Waals surface area contributed by atoms with E-state index in [-0.39, 0.29) is 16.1 Å². The Labute approximate surface area is 121 Å². The molecule has 0 atom stereocenters. The minimum Gasteiger partial charge on any atom is -0.506 e. The van der Waals surface area contributed by atoms with Crippen LogP contribution >= 0.6 is 11.6 Å². The number of phenolic OH excluding ortho intramolecular Hbond substituents is 1. The van der Waals surface area contributed by atoms with Crippen molar-refractivity contribution in [1.82, 2.24) is 4.57 Å². The fourth-order valence-electron chi connectivity index (χ4n) is 1.86. The van der Waals surface area contributed by atoms with Crippen LogP contribution in [0.25, 0.3) is 11.1 Å². The topological polar surface area (TPSA) is 42.2 Å². The summed E-state index contributed by atoms with van der Waals surface area (Å²) in [5.41, 5.74) is -2.81.